The molecule has 0 bridgehead atoms. The van der Waals surface area contributed by atoms with E-state index in [4.69, 9.17) is 20.1 Å². The van der Waals surface area contributed by atoms with E-state index in [1.165, 1.54) is 0 Å². The van der Waals surface area contributed by atoms with E-state index in [9.17, 15) is 4.79 Å². The average Bonchev–Trinajstić information content (AvgIpc) is 2.38. The van der Waals surface area contributed by atoms with Gasteiger partial charge in [-0.25, -0.2) is 4.79 Å². The van der Waals surface area contributed by atoms with Crippen LogP contribution in [0.15, 0.2) is 11.6 Å². The van der Waals surface area contributed by atoms with Crippen molar-refractivity contribution in [1.29, 1.82) is 0 Å². The van der Waals surface area contributed by atoms with Crippen molar-refractivity contribution in [3.8, 4) is 0 Å². The summed E-state index contributed by atoms with van der Waals surface area (Å²) in [4.78, 5) is 11.3. The van der Waals surface area contributed by atoms with E-state index in [1.54, 1.807) is 19.9 Å². The smallest absolute Gasteiger partial charge is 0.333 e. The molecule has 5 heteroatoms. The normalized spacial score (nSPS) is 12.6. The molecule has 0 atom stereocenters. The quantitative estimate of drug-likeness (QED) is 0.324. The Labute approximate surface area is 102 Å². The van der Waals surface area contributed by atoms with Crippen molar-refractivity contribution in [3.05, 3.63) is 11.6 Å². The lowest BCUT2D eigenvalue weighted by molar-refractivity contribution is -0.139. The van der Waals surface area contributed by atoms with Crippen molar-refractivity contribution in [2.45, 2.75) is 26.7 Å². The van der Waals surface area contributed by atoms with Gasteiger partial charge in [0.05, 0.1) is 26.4 Å². The zero-order chi connectivity index (χ0) is 13.3. The highest BCUT2D eigenvalue weighted by Gasteiger charge is 2.27. The molecule has 0 radical (unpaired) electrons. The largest absolute Gasteiger partial charge is 0.462 e. The fourth-order valence-corrected chi connectivity index (χ4v) is 1.23. The molecule has 17 heavy (non-hydrogen) atoms. The number of esters is 1. The number of carbonyl (C=O) groups is 1. The van der Waals surface area contributed by atoms with E-state index in [2.05, 4.69) is 0 Å². The Morgan fingerprint density at radius 2 is 1.76 bits per heavy atom. The highest BCUT2D eigenvalue weighted by molar-refractivity contribution is 5.87. The minimum Gasteiger partial charge on any atom is -0.462 e. The van der Waals surface area contributed by atoms with Crippen LogP contribution in [0.3, 0.4) is 0 Å². The summed E-state index contributed by atoms with van der Waals surface area (Å²) < 4.78 is 4.97. The average molecular weight is 246 g/mol. The van der Waals surface area contributed by atoms with Gasteiger partial charge in [-0.2, -0.15) is 0 Å². The summed E-state index contributed by atoms with van der Waals surface area (Å²) in [5.74, 6) is -0.366. The molecule has 0 spiro atoms. The number of rotatable bonds is 8. The monoisotopic (exact) mass is 246 g/mol. The molecule has 0 aliphatic carbocycles. The zero-order valence-corrected chi connectivity index (χ0v) is 10.5. The summed E-state index contributed by atoms with van der Waals surface area (Å²) >= 11 is 0. The Balaban J connectivity index is 3.95. The summed E-state index contributed by atoms with van der Waals surface area (Å²) in [6, 6.07) is 0. The summed E-state index contributed by atoms with van der Waals surface area (Å²) in [5, 5.41) is 27.2. The molecule has 0 saturated heterocycles. The topological polar surface area (TPSA) is 87.0 Å². The first-order chi connectivity index (χ1) is 8.05. The standard InChI is InChI=1S/C12H22O5/c1-3-10(2)11(16)17-6-4-5-12(7-13,8-14)9-15/h3,13-15H,4-9H2,1-2H3. The van der Waals surface area contributed by atoms with Crippen molar-refractivity contribution >= 4 is 5.97 Å². The Morgan fingerprint density at radius 1 is 1.24 bits per heavy atom. The molecular weight excluding hydrogens is 224 g/mol. The van der Waals surface area contributed by atoms with Gasteiger partial charge in [0.25, 0.3) is 0 Å². The molecule has 0 heterocycles. The number of ether oxygens (including phenoxy) is 1. The lowest BCUT2D eigenvalue weighted by Gasteiger charge is -2.26. The van der Waals surface area contributed by atoms with Crippen LogP contribution < -0.4 is 0 Å². The third-order valence-electron chi connectivity index (χ3n) is 2.85. The van der Waals surface area contributed by atoms with E-state index in [0.717, 1.165) is 0 Å². The van der Waals surface area contributed by atoms with Gasteiger partial charge in [-0.3, -0.25) is 0 Å². The van der Waals surface area contributed by atoms with Crippen LogP contribution in [0.4, 0.5) is 0 Å². The van der Waals surface area contributed by atoms with Gasteiger partial charge < -0.3 is 20.1 Å². The molecule has 0 aliphatic heterocycles. The summed E-state index contributed by atoms with van der Waals surface area (Å²) in [5.41, 5.74) is -0.343. The second-order valence-electron chi connectivity index (χ2n) is 4.19. The van der Waals surface area contributed by atoms with Gasteiger partial charge in [0.1, 0.15) is 0 Å². The van der Waals surface area contributed by atoms with Gasteiger partial charge in [-0.05, 0) is 26.7 Å². The Hall–Kier alpha value is -0.910. The van der Waals surface area contributed by atoms with E-state index >= 15 is 0 Å². The van der Waals surface area contributed by atoms with E-state index in [0.29, 0.717) is 18.4 Å². The number of carbonyl (C=O) groups excluding carboxylic acids is 1. The highest BCUT2D eigenvalue weighted by Crippen LogP contribution is 2.21. The van der Waals surface area contributed by atoms with Crippen LogP contribution in [0.1, 0.15) is 26.7 Å². The third-order valence-corrected chi connectivity index (χ3v) is 2.85. The zero-order valence-electron chi connectivity index (χ0n) is 10.5. The molecule has 3 N–H and O–H groups in total. The van der Waals surface area contributed by atoms with E-state index < -0.39 is 5.41 Å². The maximum Gasteiger partial charge on any atom is 0.333 e. The van der Waals surface area contributed by atoms with Crippen LogP contribution in [-0.2, 0) is 9.53 Å². The van der Waals surface area contributed by atoms with Crippen LogP contribution in [0.25, 0.3) is 0 Å². The Morgan fingerprint density at radius 3 is 2.18 bits per heavy atom. The minimum atomic E-state index is -0.887. The Bertz CT molecular complexity index is 247. The number of aliphatic hydroxyl groups excluding tert-OH is 3. The van der Waals surface area contributed by atoms with Crippen molar-refractivity contribution in [3.63, 3.8) is 0 Å². The van der Waals surface area contributed by atoms with Crippen molar-refractivity contribution in [1.82, 2.24) is 0 Å². The number of aliphatic hydroxyl groups is 3. The maximum atomic E-state index is 11.3. The fraction of sp³-hybridized carbons (Fsp3) is 0.750. The Kier molecular flexibility index (Phi) is 7.78. The van der Waals surface area contributed by atoms with Crippen LogP contribution in [0.2, 0.25) is 0 Å². The lowest BCUT2D eigenvalue weighted by Crippen LogP contribution is -2.34. The minimum absolute atomic E-state index is 0.214. The fourth-order valence-electron chi connectivity index (χ4n) is 1.23. The first-order valence-electron chi connectivity index (χ1n) is 5.68. The van der Waals surface area contributed by atoms with Crippen LogP contribution in [0.5, 0.6) is 0 Å². The summed E-state index contributed by atoms with van der Waals surface area (Å²) in [6.07, 6.45) is 2.56. The second-order valence-corrected chi connectivity index (χ2v) is 4.19. The van der Waals surface area contributed by atoms with Gasteiger partial charge in [0.15, 0.2) is 0 Å². The van der Waals surface area contributed by atoms with Gasteiger partial charge in [0.2, 0.25) is 0 Å². The first-order valence-corrected chi connectivity index (χ1v) is 5.68. The molecule has 0 fully saturated rings. The van der Waals surface area contributed by atoms with Crippen molar-refractivity contribution in [2.24, 2.45) is 5.41 Å². The SMILES string of the molecule is CC=C(C)C(=O)OCCCC(CO)(CO)CO. The van der Waals surface area contributed by atoms with Crippen LogP contribution >= 0.6 is 0 Å². The summed E-state index contributed by atoms with van der Waals surface area (Å²) in [6.45, 7) is 2.77. The molecule has 0 saturated carbocycles. The second kappa shape index (κ2) is 8.22. The van der Waals surface area contributed by atoms with Gasteiger partial charge in [-0.1, -0.05) is 6.08 Å². The van der Waals surface area contributed by atoms with E-state index in [1.807, 2.05) is 0 Å². The van der Waals surface area contributed by atoms with Crippen molar-refractivity contribution < 1.29 is 24.9 Å². The molecule has 0 aromatic heterocycles. The predicted octanol–water partition coefficient (Wildman–Crippen LogP) is 0.239. The van der Waals surface area contributed by atoms with Gasteiger partial charge in [-0.15, -0.1) is 0 Å². The number of hydrogen-bond acceptors (Lipinski definition) is 5. The predicted molar refractivity (Wildman–Crippen MR) is 63.3 cm³/mol. The van der Waals surface area contributed by atoms with Crippen molar-refractivity contribution in [2.75, 3.05) is 26.4 Å². The first kappa shape index (κ1) is 16.1. The molecule has 0 aliphatic rings. The molecule has 0 unspecified atom stereocenters. The third kappa shape index (κ3) is 5.30. The molecule has 0 amide bonds. The van der Waals surface area contributed by atoms with Gasteiger partial charge in [0, 0.05) is 11.0 Å². The summed E-state index contributed by atoms with van der Waals surface area (Å²) in [7, 11) is 0. The van der Waals surface area contributed by atoms with Crippen LogP contribution in [-0.4, -0.2) is 47.7 Å². The molecule has 100 valence electrons. The number of allylic oxidation sites excluding steroid dienone is 1. The van der Waals surface area contributed by atoms with Gasteiger partial charge >= 0.3 is 5.97 Å². The highest BCUT2D eigenvalue weighted by atomic mass is 16.5. The molecule has 0 rings (SSSR count). The van der Waals surface area contributed by atoms with Crippen LogP contribution in [0, 0.1) is 5.41 Å². The molecule has 0 aromatic carbocycles. The molecule has 5 nitrogen and oxygen atoms in total. The number of hydrogen-bond donors (Lipinski definition) is 3. The van der Waals surface area contributed by atoms with E-state index in [-0.39, 0.29) is 32.4 Å². The molecule has 0 aromatic rings. The lowest BCUT2D eigenvalue weighted by atomic mass is 9.86. The molecular formula is C12H22O5. The maximum absolute atomic E-state index is 11.3.